The second-order valence-electron chi connectivity index (χ2n) is 3.26. The maximum absolute atomic E-state index is 5.69. The first-order chi connectivity index (χ1) is 3.12. The van der Waals surface area contributed by atoms with Crippen molar-refractivity contribution in [2.75, 3.05) is 0 Å². The normalized spacial score (nSPS) is 57.8. The van der Waals surface area contributed by atoms with Gasteiger partial charge in [0.15, 0.2) is 0 Å². The van der Waals surface area contributed by atoms with Crippen LogP contribution in [0.4, 0.5) is 0 Å². The Kier molecular flexibility index (Phi) is 0.951. The van der Waals surface area contributed by atoms with Crippen molar-refractivity contribution < 1.29 is 0 Å². The van der Waals surface area contributed by atoms with E-state index >= 15 is 0 Å². The third-order valence-corrected chi connectivity index (χ3v) is 2.11. The van der Waals surface area contributed by atoms with Crippen LogP contribution in [0.5, 0.6) is 0 Å². The van der Waals surface area contributed by atoms with E-state index in [1.165, 1.54) is 0 Å². The van der Waals surface area contributed by atoms with E-state index in [1.54, 1.807) is 0 Å². The highest BCUT2D eigenvalue weighted by Gasteiger charge is 2.63. The van der Waals surface area contributed by atoms with Gasteiger partial charge in [0, 0.05) is 11.1 Å². The zero-order valence-corrected chi connectivity index (χ0v) is 5.50. The van der Waals surface area contributed by atoms with Crippen LogP contribution in [0.3, 0.4) is 0 Å². The molecule has 0 aromatic carbocycles. The number of nitrogens with two attached hydrogens (primary N) is 2. The molecule has 3 aliphatic carbocycles. The summed E-state index contributed by atoms with van der Waals surface area (Å²) in [5.74, 6) is 0. The minimum absolute atomic E-state index is 0. The SMILES string of the molecule is Cl.NC12CC(N)(C1)C2. The first-order valence-electron chi connectivity index (χ1n) is 2.70. The van der Waals surface area contributed by atoms with E-state index in [9.17, 15) is 0 Å². The quantitative estimate of drug-likeness (QED) is 0.490. The summed E-state index contributed by atoms with van der Waals surface area (Å²) >= 11 is 0. The Balaban J connectivity index is 0.000000320. The molecule has 3 aliphatic rings. The van der Waals surface area contributed by atoms with Crippen LogP contribution in [0, 0.1) is 0 Å². The lowest BCUT2D eigenvalue weighted by Crippen LogP contribution is -2.80. The first-order valence-corrected chi connectivity index (χ1v) is 2.70. The zero-order chi connectivity index (χ0) is 5.12. The second kappa shape index (κ2) is 1.20. The molecule has 0 atom stereocenters. The Labute approximate surface area is 55.0 Å². The van der Waals surface area contributed by atoms with Gasteiger partial charge in [0.2, 0.25) is 0 Å². The molecule has 0 aromatic rings. The number of rotatable bonds is 0. The molecular weight excluding hydrogens is 124 g/mol. The number of hydrogen-bond acceptors (Lipinski definition) is 2. The molecule has 0 spiro atoms. The van der Waals surface area contributed by atoms with Crippen molar-refractivity contribution in [1.29, 1.82) is 0 Å². The Morgan fingerprint density at radius 2 is 1.12 bits per heavy atom. The molecule has 2 bridgehead atoms. The van der Waals surface area contributed by atoms with Crippen molar-refractivity contribution in [3.63, 3.8) is 0 Å². The molecule has 3 rings (SSSR count). The van der Waals surface area contributed by atoms with Gasteiger partial charge in [0.1, 0.15) is 0 Å². The molecule has 0 aromatic heterocycles. The minimum Gasteiger partial charge on any atom is -0.325 e. The minimum atomic E-state index is 0. The van der Waals surface area contributed by atoms with Gasteiger partial charge >= 0.3 is 0 Å². The lowest BCUT2D eigenvalue weighted by atomic mass is 9.45. The molecule has 4 N–H and O–H groups in total. The van der Waals surface area contributed by atoms with E-state index in [-0.39, 0.29) is 23.5 Å². The molecule has 48 valence electrons. The fourth-order valence-corrected chi connectivity index (χ4v) is 1.95. The van der Waals surface area contributed by atoms with Gasteiger partial charge in [-0.05, 0) is 19.3 Å². The number of halogens is 1. The van der Waals surface area contributed by atoms with Crippen LogP contribution in [0.2, 0.25) is 0 Å². The highest BCUT2D eigenvalue weighted by Crippen LogP contribution is 2.56. The molecule has 8 heavy (non-hydrogen) atoms. The largest absolute Gasteiger partial charge is 0.325 e. The average Bonchev–Trinajstić information content (AvgIpc) is 1.27. The van der Waals surface area contributed by atoms with E-state index in [0.29, 0.717) is 0 Å². The summed E-state index contributed by atoms with van der Waals surface area (Å²) in [6.45, 7) is 0. The predicted octanol–water partition coefficient (Wildman–Crippen LogP) is 0.000700. The maximum Gasteiger partial charge on any atom is 0.0207 e. The van der Waals surface area contributed by atoms with Gasteiger partial charge in [-0.2, -0.15) is 0 Å². The average molecular weight is 135 g/mol. The van der Waals surface area contributed by atoms with E-state index in [1.807, 2.05) is 0 Å². The van der Waals surface area contributed by atoms with Crippen LogP contribution in [0.25, 0.3) is 0 Å². The van der Waals surface area contributed by atoms with Gasteiger partial charge in [-0.1, -0.05) is 0 Å². The van der Waals surface area contributed by atoms with Gasteiger partial charge in [-0.25, -0.2) is 0 Å². The van der Waals surface area contributed by atoms with E-state index in [4.69, 9.17) is 11.5 Å². The summed E-state index contributed by atoms with van der Waals surface area (Å²) < 4.78 is 0. The van der Waals surface area contributed by atoms with Crippen molar-refractivity contribution in [1.82, 2.24) is 0 Å². The molecule has 0 aliphatic heterocycles. The van der Waals surface area contributed by atoms with Crippen molar-refractivity contribution in [2.24, 2.45) is 11.5 Å². The van der Waals surface area contributed by atoms with Crippen molar-refractivity contribution in [2.45, 2.75) is 30.3 Å². The second-order valence-corrected chi connectivity index (χ2v) is 3.26. The maximum atomic E-state index is 5.69. The van der Waals surface area contributed by atoms with Gasteiger partial charge in [0.25, 0.3) is 0 Å². The molecule has 3 heteroatoms. The smallest absolute Gasteiger partial charge is 0.0207 e. The van der Waals surface area contributed by atoms with Crippen LogP contribution in [-0.2, 0) is 0 Å². The molecular formula is C5H11ClN2. The van der Waals surface area contributed by atoms with E-state index in [2.05, 4.69) is 0 Å². The lowest BCUT2D eigenvalue weighted by Gasteiger charge is -2.67. The van der Waals surface area contributed by atoms with Crippen molar-refractivity contribution in [3.05, 3.63) is 0 Å². The van der Waals surface area contributed by atoms with Crippen LogP contribution in [0.1, 0.15) is 19.3 Å². The van der Waals surface area contributed by atoms with Gasteiger partial charge < -0.3 is 11.5 Å². The fraction of sp³-hybridized carbons (Fsp3) is 1.00. The molecule has 0 amide bonds. The van der Waals surface area contributed by atoms with Crippen molar-refractivity contribution in [3.8, 4) is 0 Å². The van der Waals surface area contributed by atoms with E-state index in [0.717, 1.165) is 19.3 Å². The highest BCUT2D eigenvalue weighted by atomic mass is 35.5. The third kappa shape index (κ3) is 0.508. The standard InChI is InChI=1S/C5H10N2.ClH/c6-4-1-5(7,2-4)3-4;/h1-3,6-7H2;1H. The Morgan fingerprint density at radius 3 is 1.12 bits per heavy atom. The van der Waals surface area contributed by atoms with Gasteiger partial charge in [-0.15, -0.1) is 12.4 Å². The molecule has 0 radical (unpaired) electrons. The third-order valence-electron chi connectivity index (χ3n) is 2.11. The molecule has 3 fully saturated rings. The zero-order valence-electron chi connectivity index (χ0n) is 4.68. The van der Waals surface area contributed by atoms with Gasteiger partial charge in [0.05, 0.1) is 0 Å². The van der Waals surface area contributed by atoms with Crippen LogP contribution >= 0.6 is 12.4 Å². The fourth-order valence-electron chi connectivity index (χ4n) is 1.95. The van der Waals surface area contributed by atoms with Crippen LogP contribution in [-0.4, -0.2) is 11.1 Å². The summed E-state index contributed by atoms with van der Waals surface area (Å²) in [4.78, 5) is 0. The van der Waals surface area contributed by atoms with Gasteiger partial charge in [-0.3, -0.25) is 0 Å². The summed E-state index contributed by atoms with van der Waals surface area (Å²) in [5.41, 5.74) is 11.8. The molecule has 0 heterocycles. The Hall–Kier alpha value is 0.210. The molecule has 0 unspecified atom stereocenters. The topological polar surface area (TPSA) is 52.0 Å². The monoisotopic (exact) mass is 134 g/mol. The molecule has 0 saturated heterocycles. The summed E-state index contributed by atoms with van der Waals surface area (Å²) in [5, 5.41) is 0. The van der Waals surface area contributed by atoms with E-state index < -0.39 is 0 Å². The first kappa shape index (κ1) is 6.33. The highest BCUT2D eigenvalue weighted by molar-refractivity contribution is 5.85. The number of hydrogen-bond donors (Lipinski definition) is 2. The summed E-state index contributed by atoms with van der Waals surface area (Å²) in [6.07, 6.45) is 3.21. The summed E-state index contributed by atoms with van der Waals surface area (Å²) in [7, 11) is 0. The Morgan fingerprint density at radius 1 is 0.875 bits per heavy atom. The lowest BCUT2D eigenvalue weighted by molar-refractivity contribution is -0.0488. The van der Waals surface area contributed by atoms with Crippen LogP contribution < -0.4 is 11.5 Å². The van der Waals surface area contributed by atoms with Crippen LogP contribution in [0.15, 0.2) is 0 Å². The van der Waals surface area contributed by atoms with Crippen molar-refractivity contribution >= 4 is 12.4 Å². The molecule has 3 saturated carbocycles. The molecule has 2 nitrogen and oxygen atoms in total. The Bertz CT molecular complexity index is 91.8. The summed E-state index contributed by atoms with van der Waals surface area (Å²) in [6, 6.07) is 0. The predicted molar refractivity (Wildman–Crippen MR) is 34.9 cm³/mol.